The Bertz CT molecular complexity index is 1160. The van der Waals surface area contributed by atoms with Crippen molar-refractivity contribution in [2.45, 2.75) is 32.4 Å². The van der Waals surface area contributed by atoms with Gasteiger partial charge >= 0.3 is 0 Å². The number of para-hydroxylation sites is 2. The van der Waals surface area contributed by atoms with Crippen LogP contribution in [0.2, 0.25) is 0 Å². The van der Waals surface area contributed by atoms with Gasteiger partial charge in [0.15, 0.2) is 0 Å². The van der Waals surface area contributed by atoms with Gasteiger partial charge in [-0.2, -0.15) is 0 Å². The predicted molar refractivity (Wildman–Crippen MR) is 123 cm³/mol. The molecule has 0 radical (unpaired) electrons. The van der Waals surface area contributed by atoms with Crippen molar-refractivity contribution < 1.29 is 14.5 Å². The third-order valence-electron chi connectivity index (χ3n) is 5.79. The predicted octanol–water partition coefficient (Wildman–Crippen LogP) is 5.13. The van der Waals surface area contributed by atoms with E-state index in [9.17, 15) is 19.7 Å². The maximum atomic E-state index is 13.4. The number of nitrogens with zero attached hydrogens (tertiary/aromatic N) is 3. The zero-order chi connectivity index (χ0) is 22.8. The lowest BCUT2D eigenvalue weighted by atomic mass is 9.89. The van der Waals surface area contributed by atoms with E-state index in [1.807, 2.05) is 61.5 Å². The van der Waals surface area contributed by atoms with Gasteiger partial charge in [-0.05, 0) is 49.2 Å². The molecule has 2 unspecified atom stereocenters. The number of fused-ring (bicyclic) bond motifs is 1. The summed E-state index contributed by atoms with van der Waals surface area (Å²) in [4.78, 5) is 40.0. The smallest absolute Gasteiger partial charge is 0.269 e. The highest BCUT2D eigenvalue weighted by Gasteiger charge is 2.38. The van der Waals surface area contributed by atoms with Crippen LogP contribution in [0.1, 0.15) is 42.2 Å². The highest BCUT2D eigenvalue weighted by molar-refractivity contribution is 6.07. The SMILES string of the molecule is CC(=O)N(c1ccccc1)C1CC(C)N(C(=O)c2ccc([N+](=O)[O-])cc2)c2ccccc21. The first-order valence-corrected chi connectivity index (χ1v) is 10.4. The fourth-order valence-electron chi connectivity index (χ4n) is 4.37. The van der Waals surface area contributed by atoms with Gasteiger partial charge in [0.1, 0.15) is 0 Å². The Balaban J connectivity index is 1.74. The first-order chi connectivity index (χ1) is 15.4. The van der Waals surface area contributed by atoms with Crippen LogP contribution < -0.4 is 9.80 Å². The Hall–Kier alpha value is -4.00. The van der Waals surface area contributed by atoms with Crippen molar-refractivity contribution >= 4 is 28.9 Å². The van der Waals surface area contributed by atoms with Crippen LogP contribution in [-0.4, -0.2) is 22.8 Å². The lowest BCUT2D eigenvalue weighted by Crippen LogP contribution is -2.47. The molecule has 162 valence electrons. The number of rotatable bonds is 4. The molecule has 7 heteroatoms. The van der Waals surface area contributed by atoms with Gasteiger partial charge in [0.05, 0.1) is 11.0 Å². The molecule has 4 rings (SSSR count). The van der Waals surface area contributed by atoms with Crippen LogP contribution in [0.5, 0.6) is 0 Å². The zero-order valence-electron chi connectivity index (χ0n) is 17.8. The number of benzene rings is 3. The fourth-order valence-corrected chi connectivity index (χ4v) is 4.37. The molecule has 0 aromatic heterocycles. The van der Waals surface area contributed by atoms with Crippen molar-refractivity contribution in [2.75, 3.05) is 9.80 Å². The molecule has 0 bridgehead atoms. The highest BCUT2D eigenvalue weighted by atomic mass is 16.6. The second-order valence-corrected chi connectivity index (χ2v) is 7.86. The molecular weight excluding hydrogens is 406 g/mol. The van der Waals surface area contributed by atoms with Crippen LogP contribution in [0.25, 0.3) is 0 Å². The number of nitro groups is 1. The van der Waals surface area contributed by atoms with E-state index in [1.54, 1.807) is 16.7 Å². The van der Waals surface area contributed by atoms with E-state index >= 15 is 0 Å². The molecule has 1 aliphatic heterocycles. The molecule has 3 aromatic carbocycles. The number of hydrogen-bond donors (Lipinski definition) is 0. The van der Waals surface area contributed by atoms with Crippen molar-refractivity contribution in [1.82, 2.24) is 0 Å². The molecule has 1 aliphatic rings. The zero-order valence-corrected chi connectivity index (χ0v) is 17.8. The lowest BCUT2D eigenvalue weighted by molar-refractivity contribution is -0.384. The quantitative estimate of drug-likeness (QED) is 0.425. The van der Waals surface area contributed by atoms with Crippen molar-refractivity contribution in [1.29, 1.82) is 0 Å². The molecule has 1 heterocycles. The number of non-ortho nitro benzene ring substituents is 1. The van der Waals surface area contributed by atoms with E-state index in [0.717, 1.165) is 16.9 Å². The minimum atomic E-state index is -0.488. The van der Waals surface area contributed by atoms with Gasteiger partial charge in [0, 0.05) is 42.0 Å². The first kappa shape index (κ1) is 21.2. The van der Waals surface area contributed by atoms with E-state index in [-0.39, 0.29) is 29.6 Å². The van der Waals surface area contributed by atoms with Crippen LogP contribution in [0.3, 0.4) is 0 Å². The Labute approximate surface area is 186 Å². The minimum Gasteiger partial charge on any atom is -0.305 e. The third kappa shape index (κ3) is 3.85. The van der Waals surface area contributed by atoms with Gasteiger partial charge in [-0.15, -0.1) is 0 Å². The Kier molecular flexibility index (Phi) is 5.73. The Morgan fingerprint density at radius 1 is 0.969 bits per heavy atom. The van der Waals surface area contributed by atoms with E-state index in [1.165, 1.54) is 24.3 Å². The largest absolute Gasteiger partial charge is 0.305 e. The molecule has 2 atom stereocenters. The molecule has 0 aliphatic carbocycles. The molecule has 32 heavy (non-hydrogen) atoms. The summed E-state index contributed by atoms with van der Waals surface area (Å²) in [5.41, 5.74) is 2.75. The third-order valence-corrected chi connectivity index (χ3v) is 5.79. The normalized spacial score (nSPS) is 17.4. The summed E-state index contributed by atoms with van der Waals surface area (Å²) >= 11 is 0. The molecule has 3 aromatic rings. The van der Waals surface area contributed by atoms with E-state index < -0.39 is 4.92 Å². The Morgan fingerprint density at radius 3 is 2.22 bits per heavy atom. The summed E-state index contributed by atoms with van der Waals surface area (Å²) < 4.78 is 0. The van der Waals surface area contributed by atoms with Gasteiger partial charge in [0.25, 0.3) is 11.6 Å². The second-order valence-electron chi connectivity index (χ2n) is 7.86. The van der Waals surface area contributed by atoms with Gasteiger partial charge < -0.3 is 9.80 Å². The summed E-state index contributed by atoms with van der Waals surface area (Å²) in [6, 6.07) is 22.3. The Morgan fingerprint density at radius 2 is 1.59 bits per heavy atom. The van der Waals surface area contributed by atoms with Crippen LogP contribution >= 0.6 is 0 Å². The summed E-state index contributed by atoms with van der Waals surface area (Å²) in [5.74, 6) is -0.300. The maximum Gasteiger partial charge on any atom is 0.269 e. The highest BCUT2D eigenvalue weighted by Crippen LogP contribution is 2.42. The summed E-state index contributed by atoms with van der Waals surface area (Å²) in [6.07, 6.45) is 0.560. The number of amides is 2. The minimum absolute atomic E-state index is 0.0614. The van der Waals surface area contributed by atoms with Crippen LogP contribution in [0.15, 0.2) is 78.9 Å². The average molecular weight is 429 g/mol. The van der Waals surface area contributed by atoms with Gasteiger partial charge in [-0.3, -0.25) is 19.7 Å². The molecule has 0 fully saturated rings. The van der Waals surface area contributed by atoms with Crippen molar-refractivity contribution in [2.24, 2.45) is 0 Å². The molecule has 7 nitrogen and oxygen atoms in total. The molecular formula is C25H23N3O4. The summed E-state index contributed by atoms with van der Waals surface area (Å²) in [6.45, 7) is 3.50. The van der Waals surface area contributed by atoms with Crippen LogP contribution in [0.4, 0.5) is 17.1 Å². The first-order valence-electron chi connectivity index (χ1n) is 10.4. The number of hydrogen-bond acceptors (Lipinski definition) is 4. The van der Waals surface area contributed by atoms with Crippen LogP contribution in [0, 0.1) is 10.1 Å². The van der Waals surface area contributed by atoms with Crippen LogP contribution in [-0.2, 0) is 4.79 Å². The summed E-state index contributed by atoms with van der Waals surface area (Å²) in [5, 5.41) is 10.9. The van der Waals surface area contributed by atoms with Crippen molar-refractivity contribution in [3.8, 4) is 0 Å². The van der Waals surface area contributed by atoms with E-state index in [0.29, 0.717) is 12.0 Å². The molecule has 2 amide bonds. The van der Waals surface area contributed by atoms with Crippen molar-refractivity contribution in [3.63, 3.8) is 0 Å². The molecule has 0 N–H and O–H groups in total. The van der Waals surface area contributed by atoms with Gasteiger partial charge in [-0.1, -0.05) is 36.4 Å². The standard InChI is InChI=1S/C25H23N3O4/c1-17-16-24(27(18(2)29)20-8-4-3-5-9-20)22-10-6-7-11-23(22)26(17)25(30)19-12-14-21(15-13-19)28(31)32/h3-15,17,24H,16H2,1-2H3. The van der Waals surface area contributed by atoms with E-state index in [2.05, 4.69) is 0 Å². The monoisotopic (exact) mass is 429 g/mol. The maximum absolute atomic E-state index is 13.4. The second kappa shape index (κ2) is 8.63. The summed E-state index contributed by atoms with van der Waals surface area (Å²) in [7, 11) is 0. The molecule has 0 spiro atoms. The number of anilines is 2. The van der Waals surface area contributed by atoms with Crippen molar-refractivity contribution in [3.05, 3.63) is 100 Å². The molecule has 0 saturated heterocycles. The van der Waals surface area contributed by atoms with Gasteiger partial charge in [-0.25, -0.2) is 0 Å². The molecule has 0 saturated carbocycles. The number of carbonyl (C=O) groups is 2. The lowest BCUT2D eigenvalue weighted by Gasteiger charge is -2.43. The average Bonchev–Trinajstić information content (AvgIpc) is 2.79. The number of nitro benzene ring substituents is 1. The topological polar surface area (TPSA) is 83.8 Å². The van der Waals surface area contributed by atoms with E-state index in [4.69, 9.17) is 0 Å². The van der Waals surface area contributed by atoms with Gasteiger partial charge in [0.2, 0.25) is 5.91 Å². The number of carbonyl (C=O) groups excluding carboxylic acids is 2. The fraction of sp³-hybridized carbons (Fsp3) is 0.200.